The summed E-state index contributed by atoms with van der Waals surface area (Å²) in [4.78, 5) is 3.93. The van der Waals surface area contributed by atoms with E-state index in [-0.39, 0.29) is 11.5 Å². The summed E-state index contributed by atoms with van der Waals surface area (Å²) in [6.07, 6.45) is 2.22. The number of aliphatic hydroxyl groups excluding tert-OH is 1. The average molecular weight is 295 g/mol. The van der Waals surface area contributed by atoms with Crippen molar-refractivity contribution in [3.63, 3.8) is 0 Å². The molecule has 1 heterocycles. The fraction of sp³-hybridized carbons (Fsp3) is 0.267. The van der Waals surface area contributed by atoms with Crippen molar-refractivity contribution >= 4 is 0 Å². The van der Waals surface area contributed by atoms with E-state index in [0.717, 1.165) is 0 Å². The van der Waals surface area contributed by atoms with Gasteiger partial charge in [0.25, 0.3) is 0 Å². The molecule has 0 aliphatic heterocycles. The van der Waals surface area contributed by atoms with Crippen molar-refractivity contribution in [1.29, 1.82) is 0 Å². The van der Waals surface area contributed by atoms with Gasteiger partial charge in [0, 0.05) is 18.0 Å². The van der Waals surface area contributed by atoms with Crippen LogP contribution in [0.3, 0.4) is 0 Å². The smallest absolute Gasteiger partial charge is 0.387 e. The van der Waals surface area contributed by atoms with Crippen molar-refractivity contribution in [3.8, 4) is 11.5 Å². The Kier molecular flexibility index (Phi) is 5.05. The molecule has 1 atom stereocenters. The summed E-state index contributed by atoms with van der Waals surface area (Å²) in [7, 11) is 0. The summed E-state index contributed by atoms with van der Waals surface area (Å²) >= 11 is 0. The molecule has 0 saturated heterocycles. The van der Waals surface area contributed by atoms with E-state index in [0.29, 0.717) is 17.7 Å². The second-order valence-electron chi connectivity index (χ2n) is 4.21. The van der Waals surface area contributed by atoms with Crippen molar-refractivity contribution in [2.75, 3.05) is 6.61 Å². The molecule has 0 aliphatic carbocycles. The van der Waals surface area contributed by atoms with E-state index in [4.69, 9.17) is 4.74 Å². The van der Waals surface area contributed by atoms with Crippen LogP contribution in [0.1, 0.15) is 24.2 Å². The first-order chi connectivity index (χ1) is 10.1. The van der Waals surface area contributed by atoms with Gasteiger partial charge in [0.15, 0.2) is 11.5 Å². The van der Waals surface area contributed by atoms with Crippen LogP contribution in [0.25, 0.3) is 0 Å². The van der Waals surface area contributed by atoms with Crippen LogP contribution < -0.4 is 9.47 Å². The number of benzene rings is 1. The topological polar surface area (TPSA) is 51.6 Å². The van der Waals surface area contributed by atoms with Gasteiger partial charge in [-0.2, -0.15) is 8.78 Å². The standard InChI is InChI=1S/C15H15F2NO3/c1-2-20-13-8-10(5-6-12(13)21-15(16)17)14(19)11-4-3-7-18-9-11/h3-9,14-15,19H,2H2,1H3. The third-order valence-electron chi connectivity index (χ3n) is 2.80. The van der Waals surface area contributed by atoms with Crippen molar-refractivity contribution in [2.45, 2.75) is 19.6 Å². The molecule has 21 heavy (non-hydrogen) atoms. The van der Waals surface area contributed by atoms with E-state index in [1.54, 1.807) is 25.3 Å². The Bertz CT molecular complexity index is 578. The minimum absolute atomic E-state index is 0.0611. The van der Waals surface area contributed by atoms with E-state index < -0.39 is 12.7 Å². The Morgan fingerprint density at radius 3 is 2.62 bits per heavy atom. The molecular formula is C15H15F2NO3. The first-order valence-electron chi connectivity index (χ1n) is 6.41. The van der Waals surface area contributed by atoms with Crippen molar-refractivity contribution in [1.82, 2.24) is 4.98 Å². The number of pyridine rings is 1. The first-order valence-corrected chi connectivity index (χ1v) is 6.41. The zero-order valence-electron chi connectivity index (χ0n) is 11.4. The van der Waals surface area contributed by atoms with E-state index in [2.05, 4.69) is 9.72 Å². The van der Waals surface area contributed by atoms with Crippen molar-refractivity contribution < 1.29 is 23.4 Å². The van der Waals surface area contributed by atoms with Gasteiger partial charge in [-0.25, -0.2) is 0 Å². The van der Waals surface area contributed by atoms with Gasteiger partial charge in [-0.15, -0.1) is 0 Å². The average Bonchev–Trinajstić information content (AvgIpc) is 2.49. The Morgan fingerprint density at radius 1 is 1.19 bits per heavy atom. The molecule has 0 radical (unpaired) electrons. The van der Waals surface area contributed by atoms with E-state index in [1.807, 2.05) is 0 Å². The maximum Gasteiger partial charge on any atom is 0.387 e. The van der Waals surface area contributed by atoms with Crippen LogP contribution in [0.4, 0.5) is 8.78 Å². The predicted molar refractivity (Wildman–Crippen MR) is 72.5 cm³/mol. The number of nitrogens with zero attached hydrogens (tertiary/aromatic N) is 1. The Morgan fingerprint density at radius 2 is 2.00 bits per heavy atom. The lowest BCUT2D eigenvalue weighted by Crippen LogP contribution is -2.06. The molecule has 1 unspecified atom stereocenters. The highest BCUT2D eigenvalue weighted by atomic mass is 19.3. The first kappa shape index (κ1) is 15.2. The van der Waals surface area contributed by atoms with Crippen LogP contribution in [-0.4, -0.2) is 23.3 Å². The van der Waals surface area contributed by atoms with Crippen molar-refractivity contribution in [3.05, 3.63) is 53.9 Å². The third-order valence-corrected chi connectivity index (χ3v) is 2.80. The van der Waals surface area contributed by atoms with Crippen LogP contribution in [0.5, 0.6) is 11.5 Å². The highest BCUT2D eigenvalue weighted by Gasteiger charge is 2.16. The normalized spacial score (nSPS) is 12.2. The molecule has 2 rings (SSSR count). The molecule has 0 amide bonds. The van der Waals surface area contributed by atoms with Crippen LogP contribution in [-0.2, 0) is 0 Å². The molecule has 4 nitrogen and oxygen atoms in total. The highest BCUT2D eigenvalue weighted by Crippen LogP contribution is 2.33. The number of aliphatic hydroxyl groups is 1. The van der Waals surface area contributed by atoms with Gasteiger partial charge in [-0.1, -0.05) is 12.1 Å². The minimum Gasteiger partial charge on any atom is -0.490 e. The molecule has 0 saturated carbocycles. The lowest BCUT2D eigenvalue weighted by molar-refractivity contribution is -0.0514. The minimum atomic E-state index is -2.93. The monoisotopic (exact) mass is 295 g/mol. The van der Waals surface area contributed by atoms with Crippen molar-refractivity contribution in [2.24, 2.45) is 0 Å². The quantitative estimate of drug-likeness (QED) is 0.889. The van der Waals surface area contributed by atoms with E-state index in [9.17, 15) is 13.9 Å². The zero-order valence-corrected chi connectivity index (χ0v) is 11.4. The number of ether oxygens (including phenoxy) is 2. The van der Waals surface area contributed by atoms with Gasteiger partial charge in [0.05, 0.1) is 6.61 Å². The predicted octanol–water partition coefficient (Wildman–Crippen LogP) is 3.16. The molecule has 112 valence electrons. The fourth-order valence-electron chi connectivity index (χ4n) is 1.89. The van der Waals surface area contributed by atoms with Crippen LogP contribution in [0, 0.1) is 0 Å². The fourth-order valence-corrected chi connectivity index (χ4v) is 1.89. The molecule has 6 heteroatoms. The number of hydrogen-bond acceptors (Lipinski definition) is 4. The Hall–Kier alpha value is -2.21. The molecular weight excluding hydrogens is 280 g/mol. The SMILES string of the molecule is CCOc1cc(C(O)c2cccnc2)ccc1OC(F)F. The lowest BCUT2D eigenvalue weighted by Gasteiger charge is -2.15. The van der Waals surface area contributed by atoms with Gasteiger partial charge in [0.2, 0.25) is 0 Å². The summed E-state index contributed by atoms with van der Waals surface area (Å²) in [5, 5.41) is 10.3. The number of aromatic nitrogens is 1. The molecule has 0 spiro atoms. The van der Waals surface area contributed by atoms with Gasteiger partial charge >= 0.3 is 6.61 Å². The summed E-state index contributed by atoms with van der Waals surface area (Å²) < 4.78 is 34.3. The number of alkyl halides is 2. The van der Waals surface area contributed by atoms with Crippen LogP contribution in [0.15, 0.2) is 42.7 Å². The van der Waals surface area contributed by atoms with Gasteiger partial charge in [0.1, 0.15) is 6.10 Å². The number of rotatable bonds is 6. The third kappa shape index (κ3) is 3.88. The second kappa shape index (κ2) is 6.99. The van der Waals surface area contributed by atoms with Gasteiger partial charge in [-0.3, -0.25) is 4.98 Å². The Labute approximate surface area is 121 Å². The van der Waals surface area contributed by atoms with Crippen LogP contribution in [0.2, 0.25) is 0 Å². The molecule has 1 aromatic carbocycles. The molecule has 0 aliphatic rings. The maximum atomic E-state index is 12.3. The second-order valence-corrected chi connectivity index (χ2v) is 4.21. The summed E-state index contributed by atoms with van der Waals surface area (Å²) in [6.45, 7) is -0.902. The maximum absolute atomic E-state index is 12.3. The summed E-state index contributed by atoms with van der Waals surface area (Å²) in [5.41, 5.74) is 1.11. The number of halogens is 2. The summed E-state index contributed by atoms with van der Waals surface area (Å²) in [5.74, 6) is 0.104. The molecule has 1 N–H and O–H groups in total. The Balaban J connectivity index is 2.30. The molecule has 2 aromatic rings. The van der Waals surface area contributed by atoms with Gasteiger partial charge < -0.3 is 14.6 Å². The summed E-state index contributed by atoms with van der Waals surface area (Å²) in [6, 6.07) is 7.78. The zero-order chi connectivity index (χ0) is 15.2. The van der Waals surface area contributed by atoms with Crippen LogP contribution >= 0.6 is 0 Å². The largest absolute Gasteiger partial charge is 0.490 e. The van der Waals surface area contributed by atoms with E-state index >= 15 is 0 Å². The van der Waals surface area contributed by atoms with E-state index in [1.165, 1.54) is 24.4 Å². The molecule has 0 fully saturated rings. The molecule has 1 aromatic heterocycles. The molecule has 0 bridgehead atoms. The van der Waals surface area contributed by atoms with Gasteiger partial charge in [-0.05, 0) is 30.7 Å². The highest BCUT2D eigenvalue weighted by molar-refractivity contribution is 5.45. The number of hydrogen-bond donors (Lipinski definition) is 1. The lowest BCUT2D eigenvalue weighted by atomic mass is 10.0.